The molecule has 4 N–H and O–H groups in total. The van der Waals surface area contributed by atoms with Crippen LogP contribution in [-0.4, -0.2) is 64.9 Å². The first-order valence-electron chi connectivity index (χ1n) is 21.1. The van der Waals surface area contributed by atoms with Crippen molar-refractivity contribution in [3.8, 4) is 0 Å². The van der Waals surface area contributed by atoms with Crippen molar-refractivity contribution in [2.75, 3.05) is 19.8 Å². The Hall–Kier alpha value is -1.52. The summed E-state index contributed by atoms with van der Waals surface area (Å²) in [6.07, 6.45) is 32.7. The number of nitrogens with one attached hydrogen (secondary N) is 1. The lowest BCUT2D eigenvalue weighted by Gasteiger charge is -2.18. The molecular weight excluding hydrogens is 685 g/mol. The fourth-order valence-electron chi connectivity index (χ4n) is 6.08. The number of aliphatic hydroxyl groups excluding tert-OH is 1. The summed E-state index contributed by atoms with van der Waals surface area (Å²) < 4.78 is 26.8. The fourth-order valence-corrected chi connectivity index (χ4v) is 6.85. The summed E-state index contributed by atoms with van der Waals surface area (Å²) >= 11 is 0. The molecule has 11 nitrogen and oxygen atoms in total. The van der Waals surface area contributed by atoms with Crippen LogP contribution in [0.1, 0.15) is 206 Å². The van der Waals surface area contributed by atoms with E-state index in [2.05, 4.69) is 19.2 Å². The standard InChI is InChI=1S/C40H78NO10P/c1-3-5-7-9-11-13-15-17-18-20-22-24-26-28-30-32-39(44)49-33-36(42)34-50-52(47,48)51-35-37(40(45)46)41-38(43)31-29-27-25-23-21-19-16-14-12-10-8-6-4-2/h36-37,42H,3-35H2,1-2H3,(H,41,43)(H,45,46)(H,47,48). The molecule has 0 aromatic rings. The number of carbonyl (C=O) groups is 3. The monoisotopic (exact) mass is 764 g/mol. The van der Waals surface area contributed by atoms with Gasteiger partial charge in [-0.1, -0.05) is 181 Å². The van der Waals surface area contributed by atoms with Crippen LogP contribution in [0.25, 0.3) is 0 Å². The molecule has 52 heavy (non-hydrogen) atoms. The van der Waals surface area contributed by atoms with Gasteiger partial charge in [-0.15, -0.1) is 0 Å². The molecule has 1 amide bonds. The molecule has 0 fully saturated rings. The molecule has 0 rings (SSSR count). The van der Waals surface area contributed by atoms with E-state index in [-0.39, 0.29) is 12.8 Å². The minimum Gasteiger partial charge on any atom is -0.480 e. The van der Waals surface area contributed by atoms with Crippen LogP contribution in [0, 0.1) is 0 Å². The van der Waals surface area contributed by atoms with Crippen molar-refractivity contribution in [1.29, 1.82) is 0 Å². The van der Waals surface area contributed by atoms with E-state index >= 15 is 0 Å². The van der Waals surface area contributed by atoms with Gasteiger partial charge < -0.3 is 25.2 Å². The van der Waals surface area contributed by atoms with E-state index in [1.54, 1.807) is 0 Å². The first-order chi connectivity index (χ1) is 25.1. The second-order valence-corrected chi connectivity index (χ2v) is 16.0. The molecular formula is C40H78NO10P. The molecule has 12 heteroatoms. The summed E-state index contributed by atoms with van der Waals surface area (Å²) in [5, 5.41) is 21.8. The lowest BCUT2D eigenvalue weighted by Crippen LogP contribution is -2.43. The average Bonchev–Trinajstić information content (AvgIpc) is 3.11. The van der Waals surface area contributed by atoms with Gasteiger partial charge in [0, 0.05) is 12.8 Å². The number of phosphoric ester groups is 1. The maximum absolute atomic E-state index is 12.3. The van der Waals surface area contributed by atoms with Crippen LogP contribution in [0.3, 0.4) is 0 Å². The van der Waals surface area contributed by atoms with E-state index in [1.807, 2.05) is 0 Å². The number of aliphatic carboxylic acids is 1. The Morgan fingerprint density at radius 1 is 0.538 bits per heavy atom. The summed E-state index contributed by atoms with van der Waals surface area (Å²) in [6, 6.07) is -1.54. The van der Waals surface area contributed by atoms with Crippen LogP contribution in [-0.2, 0) is 32.7 Å². The van der Waals surface area contributed by atoms with Gasteiger partial charge in [-0.25, -0.2) is 9.36 Å². The Morgan fingerprint density at radius 2 is 0.885 bits per heavy atom. The maximum atomic E-state index is 12.3. The third-order valence-corrected chi connectivity index (χ3v) is 10.3. The lowest BCUT2D eigenvalue weighted by atomic mass is 10.0. The van der Waals surface area contributed by atoms with Gasteiger partial charge in [0.05, 0.1) is 13.2 Å². The molecule has 0 bridgehead atoms. The van der Waals surface area contributed by atoms with Gasteiger partial charge in [0.1, 0.15) is 12.7 Å². The molecule has 0 aromatic heterocycles. The van der Waals surface area contributed by atoms with E-state index in [4.69, 9.17) is 13.8 Å². The smallest absolute Gasteiger partial charge is 0.472 e. The molecule has 0 spiro atoms. The van der Waals surface area contributed by atoms with Crippen LogP contribution in [0.5, 0.6) is 0 Å². The molecule has 308 valence electrons. The molecule has 0 saturated heterocycles. The number of aliphatic hydroxyl groups is 1. The van der Waals surface area contributed by atoms with Crippen LogP contribution in [0.2, 0.25) is 0 Å². The summed E-state index contributed by atoms with van der Waals surface area (Å²) in [5.41, 5.74) is 0. The van der Waals surface area contributed by atoms with Gasteiger partial charge in [-0.2, -0.15) is 0 Å². The van der Waals surface area contributed by atoms with Crippen molar-refractivity contribution in [2.45, 2.75) is 219 Å². The normalized spacial score (nSPS) is 13.8. The predicted molar refractivity (Wildman–Crippen MR) is 208 cm³/mol. The zero-order chi connectivity index (χ0) is 38.5. The summed E-state index contributed by atoms with van der Waals surface area (Å²) in [7, 11) is -4.74. The van der Waals surface area contributed by atoms with Gasteiger partial charge in [-0.05, 0) is 12.8 Å². The molecule has 0 aromatic carbocycles. The highest BCUT2D eigenvalue weighted by atomic mass is 31.2. The van der Waals surface area contributed by atoms with Crippen molar-refractivity contribution in [3.63, 3.8) is 0 Å². The first kappa shape index (κ1) is 50.5. The van der Waals surface area contributed by atoms with Crippen LogP contribution < -0.4 is 5.32 Å². The highest BCUT2D eigenvalue weighted by Crippen LogP contribution is 2.43. The minimum absolute atomic E-state index is 0.152. The number of carboxylic acid groups (broad SMARTS) is 1. The van der Waals surface area contributed by atoms with Crippen molar-refractivity contribution in [2.24, 2.45) is 0 Å². The van der Waals surface area contributed by atoms with Crippen LogP contribution in [0.15, 0.2) is 0 Å². The van der Waals surface area contributed by atoms with Crippen molar-refractivity contribution in [1.82, 2.24) is 5.32 Å². The predicted octanol–water partition coefficient (Wildman–Crippen LogP) is 10.3. The Bertz CT molecular complexity index is 906. The second kappa shape index (κ2) is 36.5. The number of rotatable bonds is 40. The number of esters is 1. The van der Waals surface area contributed by atoms with Crippen molar-refractivity contribution >= 4 is 25.7 Å². The number of hydrogen-bond donors (Lipinski definition) is 4. The third-order valence-electron chi connectivity index (χ3n) is 9.40. The van der Waals surface area contributed by atoms with E-state index < -0.39 is 57.6 Å². The number of ether oxygens (including phenoxy) is 1. The zero-order valence-corrected chi connectivity index (χ0v) is 34.0. The van der Waals surface area contributed by atoms with Gasteiger partial charge in [-0.3, -0.25) is 18.6 Å². The van der Waals surface area contributed by atoms with Crippen LogP contribution >= 0.6 is 7.82 Å². The Morgan fingerprint density at radius 3 is 1.27 bits per heavy atom. The highest BCUT2D eigenvalue weighted by Gasteiger charge is 2.28. The SMILES string of the molecule is CCCCCCCCCCCCCCCCCC(=O)OCC(O)COP(=O)(O)OCC(NC(=O)CCCCCCCCCCCCCCC)C(=O)O. The van der Waals surface area contributed by atoms with Crippen LogP contribution in [0.4, 0.5) is 0 Å². The molecule has 0 aliphatic carbocycles. The molecule has 3 unspecified atom stereocenters. The van der Waals surface area contributed by atoms with Crippen molar-refractivity contribution < 1.29 is 47.8 Å². The first-order valence-corrected chi connectivity index (χ1v) is 22.6. The van der Waals surface area contributed by atoms with E-state index in [0.717, 1.165) is 38.5 Å². The Kier molecular flexibility index (Phi) is 35.4. The molecule has 3 atom stereocenters. The van der Waals surface area contributed by atoms with Gasteiger partial charge >= 0.3 is 19.8 Å². The zero-order valence-electron chi connectivity index (χ0n) is 33.1. The van der Waals surface area contributed by atoms with Gasteiger partial charge in [0.2, 0.25) is 5.91 Å². The molecule has 0 aliphatic rings. The largest absolute Gasteiger partial charge is 0.480 e. The summed E-state index contributed by atoms with van der Waals surface area (Å²) in [5.74, 6) is -2.36. The average molecular weight is 764 g/mol. The van der Waals surface area contributed by atoms with Gasteiger partial charge in [0.15, 0.2) is 6.04 Å². The summed E-state index contributed by atoms with van der Waals surface area (Å²) in [4.78, 5) is 45.8. The number of carbonyl (C=O) groups excluding carboxylic acids is 2. The quantitative estimate of drug-likeness (QED) is 0.0268. The molecule has 0 saturated carbocycles. The number of phosphoric acid groups is 1. The van der Waals surface area contributed by atoms with Crippen molar-refractivity contribution in [3.05, 3.63) is 0 Å². The van der Waals surface area contributed by atoms with E-state index in [0.29, 0.717) is 12.8 Å². The number of carboxylic acids is 1. The number of hydrogen-bond acceptors (Lipinski definition) is 8. The Labute approximate surface area is 316 Å². The highest BCUT2D eigenvalue weighted by molar-refractivity contribution is 7.47. The van der Waals surface area contributed by atoms with E-state index in [9.17, 15) is 34.1 Å². The van der Waals surface area contributed by atoms with Gasteiger partial charge in [0.25, 0.3) is 0 Å². The maximum Gasteiger partial charge on any atom is 0.472 e. The third kappa shape index (κ3) is 35.5. The fraction of sp³-hybridized carbons (Fsp3) is 0.925. The molecule has 0 radical (unpaired) electrons. The molecule has 0 aliphatic heterocycles. The van der Waals surface area contributed by atoms with E-state index in [1.165, 1.54) is 128 Å². The Balaban J connectivity index is 3.89. The minimum atomic E-state index is -4.74. The second-order valence-electron chi connectivity index (χ2n) is 14.5. The number of unbranched alkanes of at least 4 members (excludes halogenated alkanes) is 26. The number of amides is 1. The summed E-state index contributed by atoms with van der Waals surface area (Å²) in [6.45, 7) is 2.60. The topological polar surface area (TPSA) is 169 Å². The lowest BCUT2D eigenvalue weighted by molar-refractivity contribution is -0.147. The molecule has 0 heterocycles.